The van der Waals surface area contributed by atoms with Gasteiger partial charge in [0.1, 0.15) is 5.75 Å². The molecule has 78 valence electrons. The second-order valence-electron chi connectivity index (χ2n) is 3.35. The van der Waals surface area contributed by atoms with E-state index >= 15 is 0 Å². The maximum Gasteiger partial charge on any atom is 0.139 e. The second kappa shape index (κ2) is 4.41. The minimum atomic E-state index is 0.0693. The van der Waals surface area contributed by atoms with Crippen molar-refractivity contribution in [2.75, 3.05) is 5.73 Å². The molecule has 2 nitrogen and oxygen atoms in total. The molecule has 0 amide bonds. The van der Waals surface area contributed by atoms with Crippen molar-refractivity contribution in [2.24, 2.45) is 0 Å². The van der Waals surface area contributed by atoms with Gasteiger partial charge in [-0.05, 0) is 24.3 Å². The summed E-state index contributed by atoms with van der Waals surface area (Å²) in [5.74, 6) is 5.99. The average molecular weight is 209 g/mol. The fraction of sp³-hybridized carbons (Fsp3) is 0. The van der Waals surface area contributed by atoms with Crippen LogP contribution in [0.2, 0.25) is 0 Å². The third kappa shape index (κ3) is 2.15. The third-order valence-electron chi connectivity index (χ3n) is 2.20. The van der Waals surface area contributed by atoms with Gasteiger partial charge < -0.3 is 10.8 Å². The molecule has 2 aromatic carbocycles. The predicted molar refractivity (Wildman–Crippen MR) is 64.9 cm³/mol. The van der Waals surface area contributed by atoms with Gasteiger partial charge in [0, 0.05) is 5.56 Å². The Morgan fingerprint density at radius 2 is 1.62 bits per heavy atom. The highest BCUT2D eigenvalue weighted by atomic mass is 16.3. The normalized spacial score (nSPS) is 9.25. The van der Waals surface area contributed by atoms with E-state index in [0.717, 1.165) is 5.56 Å². The molecule has 0 aliphatic rings. The SMILES string of the molecule is Nc1c(O)cccc1C#Cc1ccccc1. The van der Waals surface area contributed by atoms with Crippen LogP contribution in [0.15, 0.2) is 48.5 Å². The van der Waals surface area contributed by atoms with E-state index in [9.17, 15) is 5.11 Å². The minimum absolute atomic E-state index is 0.0693. The second-order valence-corrected chi connectivity index (χ2v) is 3.35. The number of anilines is 1. The molecule has 0 spiro atoms. The molecule has 0 aliphatic heterocycles. The smallest absolute Gasteiger partial charge is 0.139 e. The molecule has 16 heavy (non-hydrogen) atoms. The van der Waals surface area contributed by atoms with Gasteiger partial charge in [0.15, 0.2) is 0 Å². The van der Waals surface area contributed by atoms with E-state index in [0.29, 0.717) is 11.3 Å². The zero-order valence-electron chi connectivity index (χ0n) is 8.64. The van der Waals surface area contributed by atoms with E-state index in [-0.39, 0.29) is 5.75 Å². The lowest BCUT2D eigenvalue weighted by molar-refractivity contribution is 0.478. The monoisotopic (exact) mass is 209 g/mol. The van der Waals surface area contributed by atoms with Gasteiger partial charge in [-0.25, -0.2) is 0 Å². The van der Waals surface area contributed by atoms with Gasteiger partial charge in [-0.3, -0.25) is 0 Å². The number of nitrogen functional groups attached to an aromatic ring is 1. The van der Waals surface area contributed by atoms with Crippen LogP contribution in [0.1, 0.15) is 11.1 Å². The zero-order valence-corrected chi connectivity index (χ0v) is 8.64. The number of rotatable bonds is 0. The van der Waals surface area contributed by atoms with Gasteiger partial charge in [0.05, 0.1) is 11.3 Å². The molecule has 0 saturated carbocycles. The van der Waals surface area contributed by atoms with Crippen molar-refractivity contribution in [3.8, 4) is 17.6 Å². The number of nitrogens with two attached hydrogens (primary N) is 1. The van der Waals surface area contributed by atoms with Crippen LogP contribution in [0.5, 0.6) is 5.75 Å². The Hall–Kier alpha value is -2.40. The summed E-state index contributed by atoms with van der Waals surface area (Å²) in [5.41, 5.74) is 7.58. The third-order valence-corrected chi connectivity index (χ3v) is 2.20. The van der Waals surface area contributed by atoms with Crippen molar-refractivity contribution in [2.45, 2.75) is 0 Å². The molecule has 2 rings (SSSR count). The first-order valence-electron chi connectivity index (χ1n) is 4.92. The van der Waals surface area contributed by atoms with Crippen molar-refractivity contribution in [1.82, 2.24) is 0 Å². The number of para-hydroxylation sites is 1. The van der Waals surface area contributed by atoms with E-state index in [1.807, 2.05) is 30.3 Å². The van der Waals surface area contributed by atoms with E-state index in [4.69, 9.17) is 5.73 Å². The standard InChI is InChI=1S/C14H11NO/c15-14-12(7-4-8-13(14)16)10-9-11-5-2-1-3-6-11/h1-8,16H,15H2. The largest absolute Gasteiger partial charge is 0.506 e. The Kier molecular flexibility index (Phi) is 2.79. The number of aromatic hydroxyl groups is 1. The van der Waals surface area contributed by atoms with Crippen LogP contribution in [0.3, 0.4) is 0 Å². The quantitative estimate of drug-likeness (QED) is 0.397. The molecule has 0 saturated heterocycles. The molecule has 0 aromatic heterocycles. The number of phenols is 1. The van der Waals surface area contributed by atoms with Crippen LogP contribution in [-0.2, 0) is 0 Å². The Bertz CT molecular complexity index is 550. The molecule has 2 heteroatoms. The Morgan fingerprint density at radius 3 is 2.38 bits per heavy atom. The summed E-state index contributed by atoms with van der Waals surface area (Å²) in [6, 6.07) is 14.7. The highest BCUT2D eigenvalue weighted by molar-refractivity contribution is 5.64. The summed E-state index contributed by atoms with van der Waals surface area (Å²) >= 11 is 0. The molecule has 0 bridgehead atoms. The molecule has 0 heterocycles. The van der Waals surface area contributed by atoms with Crippen LogP contribution < -0.4 is 5.73 Å². The van der Waals surface area contributed by atoms with Gasteiger partial charge >= 0.3 is 0 Å². The van der Waals surface area contributed by atoms with Gasteiger partial charge in [-0.2, -0.15) is 0 Å². The predicted octanol–water partition coefficient (Wildman–Crippen LogP) is 2.37. The topological polar surface area (TPSA) is 46.2 Å². The van der Waals surface area contributed by atoms with E-state index < -0.39 is 0 Å². The van der Waals surface area contributed by atoms with Crippen molar-refractivity contribution in [1.29, 1.82) is 0 Å². The summed E-state index contributed by atoms with van der Waals surface area (Å²) in [5, 5.41) is 9.40. The first kappa shape index (κ1) is 10.1. The minimum Gasteiger partial charge on any atom is -0.506 e. The Morgan fingerprint density at radius 1 is 0.875 bits per heavy atom. The lowest BCUT2D eigenvalue weighted by atomic mass is 10.1. The summed E-state index contributed by atoms with van der Waals surface area (Å²) in [4.78, 5) is 0. The van der Waals surface area contributed by atoms with E-state index in [1.54, 1.807) is 18.2 Å². The summed E-state index contributed by atoms with van der Waals surface area (Å²) in [7, 11) is 0. The van der Waals surface area contributed by atoms with Gasteiger partial charge in [-0.15, -0.1) is 0 Å². The van der Waals surface area contributed by atoms with E-state index in [1.165, 1.54) is 0 Å². The summed E-state index contributed by atoms with van der Waals surface area (Å²) in [6.07, 6.45) is 0. The van der Waals surface area contributed by atoms with Crippen LogP contribution in [0.25, 0.3) is 0 Å². The number of phenolic OH excluding ortho intramolecular Hbond substituents is 1. The van der Waals surface area contributed by atoms with Gasteiger partial charge in [-0.1, -0.05) is 36.1 Å². The molecular formula is C14H11NO. The number of benzene rings is 2. The molecule has 3 N–H and O–H groups in total. The van der Waals surface area contributed by atoms with Gasteiger partial charge in [0.25, 0.3) is 0 Å². The first-order valence-corrected chi connectivity index (χ1v) is 4.92. The molecule has 0 aliphatic carbocycles. The lowest BCUT2D eigenvalue weighted by Crippen LogP contribution is -1.90. The maximum atomic E-state index is 9.40. The van der Waals surface area contributed by atoms with Crippen molar-refractivity contribution in [3.63, 3.8) is 0 Å². The zero-order chi connectivity index (χ0) is 11.4. The highest BCUT2D eigenvalue weighted by Crippen LogP contribution is 2.22. The fourth-order valence-corrected chi connectivity index (χ4v) is 1.32. The van der Waals surface area contributed by atoms with Crippen molar-refractivity contribution >= 4 is 5.69 Å². The van der Waals surface area contributed by atoms with Crippen molar-refractivity contribution in [3.05, 3.63) is 59.7 Å². The number of hydrogen-bond donors (Lipinski definition) is 2. The Balaban J connectivity index is 2.35. The van der Waals surface area contributed by atoms with Crippen molar-refractivity contribution < 1.29 is 5.11 Å². The van der Waals surface area contributed by atoms with E-state index in [2.05, 4.69) is 11.8 Å². The average Bonchev–Trinajstić information content (AvgIpc) is 2.32. The maximum absolute atomic E-state index is 9.40. The van der Waals surface area contributed by atoms with Crippen LogP contribution in [0, 0.1) is 11.8 Å². The molecular weight excluding hydrogens is 198 g/mol. The fourth-order valence-electron chi connectivity index (χ4n) is 1.32. The molecule has 0 radical (unpaired) electrons. The summed E-state index contributed by atoms with van der Waals surface area (Å²) in [6.45, 7) is 0. The van der Waals surface area contributed by atoms with Crippen LogP contribution in [-0.4, -0.2) is 5.11 Å². The van der Waals surface area contributed by atoms with Gasteiger partial charge in [0.2, 0.25) is 0 Å². The Labute approximate surface area is 94.4 Å². The first-order chi connectivity index (χ1) is 7.77. The highest BCUT2D eigenvalue weighted by Gasteiger charge is 1.99. The summed E-state index contributed by atoms with van der Waals surface area (Å²) < 4.78 is 0. The molecule has 0 atom stereocenters. The molecule has 0 unspecified atom stereocenters. The molecule has 2 aromatic rings. The number of hydrogen-bond acceptors (Lipinski definition) is 2. The van der Waals surface area contributed by atoms with Crippen LogP contribution in [0.4, 0.5) is 5.69 Å². The lowest BCUT2D eigenvalue weighted by Gasteiger charge is -1.99. The molecule has 0 fully saturated rings. The van der Waals surface area contributed by atoms with Crippen LogP contribution >= 0.6 is 0 Å².